The third-order valence-corrected chi connectivity index (χ3v) is 5.08. The van der Waals surface area contributed by atoms with Gasteiger partial charge >= 0.3 is 0 Å². The molecule has 0 unspecified atom stereocenters. The van der Waals surface area contributed by atoms with Crippen molar-refractivity contribution < 1.29 is 5.11 Å². The van der Waals surface area contributed by atoms with E-state index in [2.05, 4.69) is 52.0 Å². The first-order chi connectivity index (χ1) is 9.39. The summed E-state index contributed by atoms with van der Waals surface area (Å²) in [6, 6.07) is 8.82. The zero-order chi connectivity index (χ0) is 14.8. The Morgan fingerprint density at radius 3 is 2.05 bits per heavy atom. The zero-order valence-electron chi connectivity index (χ0n) is 13.5. The van der Waals surface area contributed by atoms with Crippen LogP contribution in [0, 0.1) is 11.8 Å². The summed E-state index contributed by atoms with van der Waals surface area (Å²) >= 11 is 0. The molecular weight excluding hydrogens is 244 g/mol. The quantitative estimate of drug-likeness (QED) is 0.825. The highest BCUT2D eigenvalue weighted by atomic mass is 16.3. The van der Waals surface area contributed by atoms with Crippen LogP contribution in [0.15, 0.2) is 24.3 Å². The van der Waals surface area contributed by atoms with E-state index in [4.69, 9.17) is 0 Å². The minimum absolute atomic E-state index is 0.468. The smallest absolute Gasteiger partial charge is 0.0688 e. The molecule has 0 amide bonds. The molecule has 0 aromatic heterocycles. The van der Waals surface area contributed by atoms with E-state index in [1.807, 2.05) is 0 Å². The van der Waals surface area contributed by atoms with Gasteiger partial charge in [-0.25, -0.2) is 0 Å². The fourth-order valence-corrected chi connectivity index (χ4v) is 3.42. The summed E-state index contributed by atoms with van der Waals surface area (Å²) in [4.78, 5) is 0. The lowest BCUT2D eigenvalue weighted by atomic mass is 9.72. The molecule has 1 saturated carbocycles. The Hall–Kier alpha value is -0.820. The second-order valence-corrected chi connectivity index (χ2v) is 7.38. The SMILES string of the molecule is CC(C)c1ccc(CC2(O)CCC(C(C)C)CC2)cc1. The van der Waals surface area contributed by atoms with E-state index >= 15 is 0 Å². The van der Waals surface area contributed by atoms with Crippen LogP contribution in [0.3, 0.4) is 0 Å². The average Bonchev–Trinajstić information content (AvgIpc) is 2.39. The van der Waals surface area contributed by atoms with Crippen LogP contribution in [-0.4, -0.2) is 10.7 Å². The molecule has 1 aliphatic carbocycles. The van der Waals surface area contributed by atoms with Crippen molar-refractivity contribution >= 4 is 0 Å². The molecular formula is C19H30O. The van der Waals surface area contributed by atoms with Crippen molar-refractivity contribution in [2.75, 3.05) is 0 Å². The summed E-state index contributed by atoms with van der Waals surface area (Å²) in [5.41, 5.74) is 2.19. The van der Waals surface area contributed by atoms with Crippen LogP contribution < -0.4 is 0 Å². The van der Waals surface area contributed by atoms with Gasteiger partial charge in [0.25, 0.3) is 0 Å². The molecule has 0 aliphatic heterocycles. The summed E-state index contributed by atoms with van der Waals surface area (Å²) in [5.74, 6) is 2.14. The van der Waals surface area contributed by atoms with Gasteiger partial charge < -0.3 is 5.11 Å². The predicted molar refractivity (Wildman–Crippen MR) is 86.0 cm³/mol. The monoisotopic (exact) mass is 274 g/mol. The van der Waals surface area contributed by atoms with Gasteiger partial charge in [0.1, 0.15) is 0 Å². The van der Waals surface area contributed by atoms with Crippen LogP contribution in [0.2, 0.25) is 0 Å². The summed E-state index contributed by atoms with van der Waals surface area (Å²) in [7, 11) is 0. The number of rotatable bonds is 4. The Bertz CT molecular complexity index is 408. The van der Waals surface area contributed by atoms with Crippen LogP contribution >= 0.6 is 0 Å². The lowest BCUT2D eigenvalue weighted by Gasteiger charge is -2.37. The number of benzene rings is 1. The molecule has 0 saturated heterocycles. The van der Waals surface area contributed by atoms with Crippen LogP contribution in [0.4, 0.5) is 0 Å². The minimum Gasteiger partial charge on any atom is -0.390 e. The molecule has 2 rings (SSSR count). The first-order valence-electron chi connectivity index (χ1n) is 8.21. The molecule has 1 aliphatic rings. The van der Waals surface area contributed by atoms with Crippen molar-refractivity contribution in [3.63, 3.8) is 0 Å². The van der Waals surface area contributed by atoms with Crippen molar-refractivity contribution in [1.29, 1.82) is 0 Å². The molecule has 20 heavy (non-hydrogen) atoms. The van der Waals surface area contributed by atoms with E-state index in [-0.39, 0.29) is 0 Å². The van der Waals surface area contributed by atoms with E-state index in [1.165, 1.54) is 24.0 Å². The molecule has 0 radical (unpaired) electrons. The molecule has 1 N–H and O–H groups in total. The van der Waals surface area contributed by atoms with Crippen molar-refractivity contribution in [1.82, 2.24) is 0 Å². The van der Waals surface area contributed by atoms with Gasteiger partial charge in [0.15, 0.2) is 0 Å². The summed E-state index contributed by atoms with van der Waals surface area (Å²) in [5, 5.41) is 10.8. The van der Waals surface area contributed by atoms with Gasteiger partial charge in [0, 0.05) is 6.42 Å². The second-order valence-electron chi connectivity index (χ2n) is 7.38. The Morgan fingerprint density at radius 1 is 1.05 bits per heavy atom. The Kier molecular flexibility index (Phi) is 4.90. The summed E-state index contributed by atoms with van der Waals surface area (Å²) < 4.78 is 0. The third kappa shape index (κ3) is 3.85. The van der Waals surface area contributed by atoms with Gasteiger partial charge in [-0.1, -0.05) is 52.0 Å². The van der Waals surface area contributed by atoms with E-state index < -0.39 is 5.60 Å². The van der Waals surface area contributed by atoms with Crippen LogP contribution in [0.25, 0.3) is 0 Å². The first-order valence-corrected chi connectivity index (χ1v) is 8.21. The highest BCUT2D eigenvalue weighted by Gasteiger charge is 2.34. The van der Waals surface area contributed by atoms with Gasteiger partial charge in [-0.05, 0) is 54.6 Å². The van der Waals surface area contributed by atoms with E-state index in [0.29, 0.717) is 5.92 Å². The second kappa shape index (κ2) is 6.30. The maximum absolute atomic E-state index is 10.8. The average molecular weight is 274 g/mol. The maximum Gasteiger partial charge on any atom is 0.0688 e. The van der Waals surface area contributed by atoms with Crippen molar-refractivity contribution in [3.05, 3.63) is 35.4 Å². The molecule has 1 fully saturated rings. The van der Waals surface area contributed by atoms with Crippen LogP contribution in [0.5, 0.6) is 0 Å². The van der Waals surface area contributed by atoms with Gasteiger partial charge in [-0.15, -0.1) is 0 Å². The van der Waals surface area contributed by atoms with E-state index in [1.54, 1.807) is 0 Å². The Balaban J connectivity index is 1.96. The van der Waals surface area contributed by atoms with Crippen LogP contribution in [0.1, 0.15) is 70.4 Å². The van der Waals surface area contributed by atoms with Crippen molar-refractivity contribution in [2.45, 2.75) is 71.3 Å². The molecule has 1 heteroatoms. The fourth-order valence-electron chi connectivity index (χ4n) is 3.42. The molecule has 0 bridgehead atoms. The van der Waals surface area contributed by atoms with Crippen molar-refractivity contribution in [3.8, 4) is 0 Å². The highest BCUT2D eigenvalue weighted by molar-refractivity contribution is 5.25. The molecule has 1 aromatic rings. The number of aliphatic hydroxyl groups is 1. The predicted octanol–water partition coefficient (Wildman–Crippen LogP) is 4.93. The Morgan fingerprint density at radius 2 is 1.60 bits per heavy atom. The lowest BCUT2D eigenvalue weighted by Crippen LogP contribution is -2.37. The highest BCUT2D eigenvalue weighted by Crippen LogP contribution is 2.37. The fraction of sp³-hybridized carbons (Fsp3) is 0.684. The molecule has 0 atom stereocenters. The van der Waals surface area contributed by atoms with E-state index in [0.717, 1.165) is 31.1 Å². The zero-order valence-corrected chi connectivity index (χ0v) is 13.5. The maximum atomic E-state index is 10.8. The van der Waals surface area contributed by atoms with Gasteiger partial charge in [0.05, 0.1) is 5.60 Å². The molecule has 0 heterocycles. The number of hydrogen-bond acceptors (Lipinski definition) is 1. The molecule has 1 nitrogen and oxygen atoms in total. The van der Waals surface area contributed by atoms with Crippen LogP contribution in [-0.2, 0) is 6.42 Å². The Labute approximate surface area is 124 Å². The normalized spacial score (nSPS) is 27.2. The minimum atomic E-state index is -0.468. The molecule has 0 spiro atoms. The summed E-state index contributed by atoms with van der Waals surface area (Å²) in [6.45, 7) is 9.05. The molecule has 1 aromatic carbocycles. The molecule has 112 valence electrons. The van der Waals surface area contributed by atoms with Crippen molar-refractivity contribution in [2.24, 2.45) is 11.8 Å². The lowest BCUT2D eigenvalue weighted by molar-refractivity contribution is -0.0146. The standard InChI is InChI=1S/C19H30O/c1-14(2)17-7-5-16(6-8-17)13-19(20)11-9-18(10-12-19)15(3)4/h5-8,14-15,18,20H,9-13H2,1-4H3. The van der Waals surface area contributed by atoms with Gasteiger partial charge in [-0.3, -0.25) is 0 Å². The largest absolute Gasteiger partial charge is 0.390 e. The van der Waals surface area contributed by atoms with Gasteiger partial charge in [-0.2, -0.15) is 0 Å². The first kappa shape index (κ1) is 15.6. The van der Waals surface area contributed by atoms with Gasteiger partial charge in [0.2, 0.25) is 0 Å². The number of hydrogen-bond donors (Lipinski definition) is 1. The topological polar surface area (TPSA) is 20.2 Å². The van der Waals surface area contributed by atoms with E-state index in [9.17, 15) is 5.11 Å². The third-order valence-electron chi connectivity index (χ3n) is 5.08. The summed E-state index contributed by atoms with van der Waals surface area (Å²) in [6.07, 6.45) is 5.09.